The van der Waals surface area contributed by atoms with Gasteiger partial charge < -0.3 is 10.1 Å². The topological polar surface area (TPSA) is 51.2 Å². The van der Waals surface area contributed by atoms with Crippen LogP contribution in [0, 0.1) is 0 Å². The second-order valence-electron chi connectivity index (χ2n) is 4.56. The molecular formula is C15H12F4N2O2. The highest BCUT2D eigenvalue weighted by atomic mass is 19.3. The maximum absolute atomic E-state index is 12.7. The number of amides is 1. The predicted molar refractivity (Wildman–Crippen MR) is 75.1 cm³/mol. The summed E-state index contributed by atoms with van der Waals surface area (Å²) in [7, 11) is 0. The van der Waals surface area contributed by atoms with Gasteiger partial charge in [-0.05, 0) is 36.4 Å². The van der Waals surface area contributed by atoms with Crippen molar-refractivity contribution in [1.29, 1.82) is 0 Å². The molecule has 1 aromatic carbocycles. The number of halogens is 4. The van der Waals surface area contributed by atoms with Gasteiger partial charge in [0.2, 0.25) is 0 Å². The smallest absolute Gasteiger partial charge is 0.340 e. The van der Waals surface area contributed by atoms with E-state index in [1.165, 1.54) is 48.8 Å². The maximum Gasteiger partial charge on any atom is 0.340 e. The summed E-state index contributed by atoms with van der Waals surface area (Å²) in [5.74, 6) is -4.59. The van der Waals surface area contributed by atoms with E-state index in [-0.39, 0.29) is 11.7 Å². The molecule has 0 spiro atoms. The first-order valence-electron chi connectivity index (χ1n) is 6.49. The van der Waals surface area contributed by atoms with Gasteiger partial charge >= 0.3 is 12.3 Å². The Morgan fingerprint density at radius 2 is 1.74 bits per heavy atom. The third-order valence-corrected chi connectivity index (χ3v) is 2.81. The van der Waals surface area contributed by atoms with Gasteiger partial charge in [-0.3, -0.25) is 9.78 Å². The lowest BCUT2D eigenvalue weighted by molar-refractivity contribution is -0.148. The SMILES string of the molecule is O=C(Nc1ccc(OCC(F)(F)C(F)F)cc1)c1ccncc1. The number of carbonyl (C=O) groups excluding carboxylic acids is 1. The summed E-state index contributed by atoms with van der Waals surface area (Å²) in [6, 6.07) is 8.47. The number of hydrogen-bond acceptors (Lipinski definition) is 3. The number of hydrogen-bond donors (Lipinski definition) is 1. The van der Waals surface area contributed by atoms with Crippen LogP contribution in [0.25, 0.3) is 0 Å². The molecule has 8 heteroatoms. The van der Waals surface area contributed by atoms with Gasteiger partial charge in [-0.2, -0.15) is 8.78 Å². The molecule has 1 N–H and O–H groups in total. The minimum atomic E-state index is -4.21. The Labute approximate surface area is 129 Å². The Balaban J connectivity index is 1.93. The predicted octanol–water partition coefficient (Wildman–Crippen LogP) is 3.61. The summed E-state index contributed by atoms with van der Waals surface area (Å²) in [6.07, 6.45) is -0.856. The van der Waals surface area contributed by atoms with Crippen molar-refractivity contribution in [2.75, 3.05) is 11.9 Å². The van der Waals surface area contributed by atoms with Crippen molar-refractivity contribution in [3.05, 3.63) is 54.4 Å². The van der Waals surface area contributed by atoms with Gasteiger partial charge in [-0.1, -0.05) is 0 Å². The lowest BCUT2D eigenvalue weighted by Gasteiger charge is -2.16. The van der Waals surface area contributed by atoms with Crippen LogP contribution in [0.2, 0.25) is 0 Å². The molecular weight excluding hydrogens is 316 g/mol. The standard InChI is InChI=1S/C15H12F4N2O2/c16-14(17)15(18,19)9-23-12-3-1-11(2-4-12)21-13(22)10-5-7-20-8-6-10/h1-8,14H,9H2,(H,21,22). The van der Waals surface area contributed by atoms with Crippen LogP contribution in [0.1, 0.15) is 10.4 Å². The molecule has 1 amide bonds. The van der Waals surface area contributed by atoms with Crippen LogP contribution in [0.15, 0.2) is 48.8 Å². The number of nitrogens with zero attached hydrogens (tertiary/aromatic N) is 1. The number of ether oxygens (including phenoxy) is 1. The third kappa shape index (κ3) is 4.67. The minimum absolute atomic E-state index is 0.00719. The molecule has 0 aliphatic carbocycles. The van der Waals surface area contributed by atoms with Crippen LogP contribution >= 0.6 is 0 Å². The molecule has 0 aliphatic heterocycles. The molecule has 2 aromatic rings. The molecule has 2 rings (SSSR count). The van der Waals surface area contributed by atoms with Crippen molar-refractivity contribution in [2.45, 2.75) is 12.3 Å². The Hall–Kier alpha value is -2.64. The van der Waals surface area contributed by atoms with E-state index < -0.39 is 19.0 Å². The van der Waals surface area contributed by atoms with Crippen LogP contribution in [0.5, 0.6) is 5.75 Å². The largest absolute Gasteiger partial charge is 0.487 e. The van der Waals surface area contributed by atoms with Crippen LogP contribution in [0.3, 0.4) is 0 Å². The van der Waals surface area contributed by atoms with Gasteiger partial charge in [-0.15, -0.1) is 0 Å². The van der Waals surface area contributed by atoms with Crippen molar-refractivity contribution in [3.63, 3.8) is 0 Å². The monoisotopic (exact) mass is 328 g/mol. The Kier molecular flexibility index (Phi) is 5.15. The second-order valence-corrected chi connectivity index (χ2v) is 4.56. The maximum atomic E-state index is 12.7. The van der Waals surface area contributed by atoms with Crippen molar-refractivity contribution < 1.29 is 27.1 Å². The fourth-order valence-electron chi connectivity index (χ4n) is 1.58. The van der Waals surface area contributed by atoms with Gasteiger partial charge in [0, 0.05) is 23.6 Å². The first-order chi connectivity index (χ1) is 10.9. The fourth-order valence-corrected chi connectivity index (χ4v) is 1.58. The van der Waals surface area contributed by atoms with E-state index in [1.54, 1.807) is 0 Å². The highest BCUT2D eigenvalue weighted by Gasteiger charge is 2.41. The van der Waals surface area contributed by atoms with Crippen molar-refractivity contribution in [3.8, 4) is 5.75 Å². The van der Waals surface area contributed by atoms with E-state index in [0.29, 0.717) is 11.3 Å². The van der Waals surface area contributed by atoms with Gasteiger partial charge in [0.1, 0.15) is 5.75 Å². The first kappa shape index (κ1) is 16.7. The van der Waals surface area contributed by atoms with Crippen molar-refractivity contribution in [2.24, 2.45) is 0 Å². The average Bonchev–Trinajstić information content (AvgIpc) is 2.55. The fraction of sp³-hybridized carbons (Fsp3) is 0.200. The zero-order valence-corrected chi connectivity index (χ0v) is 11.7. The molecule has 4 nitrogen and oxygen atoms in total. The summed E-state index contributed by atoms with van der Waals surface area (Å²) in [6.45, 7) is -1.42. The molecule has 23 heavy (non-hydrogen) atoms. The van der Waals surface area contributed by atoms with E-state index in [1.807, 2.05) is 0 Å². The molecule has 0 saturated heterocycles. The van der Waals surface area contributed by atoms with E-state index >= 15 is 0 Å². The van der Waals surface area contributed by atoms with E-state index in [9.17, 15) is 22.4 Å². The zero-order chi connectivity index (χ0) is 16.9. The average molecular weight is 328 g/mol. The highest BCUT2D eigenvalue weighted by molar-refractivity contribution is 6.04. The summed E-state index contributed by atoms with van der Waals surface area (Å²) < 4.78 is 54.1. The first-order valence-corrected chi connectivity index (χ1v) is 6.49. The number of alkyl halides is 4. The highest BCUT2D eigenvalue weighted by Crippen LogP contribution is 2.25. The quantitative estimate of drug-likeness (QED) is 0.824. The summed E-state index contributed by atoms with van der Waals surface area (Å²) >= 11 is 0. The molecule has 1 heterocycles. The number of pyridine rings is 1. The van der Waals surface area contributed by atoms with Crippen LogP contribution in [0.4, 0.5) is 23.2 Å². The normalized spacial score (nSPS) is 11.3. The number of carbonyl (C=O) groups is 1. The van der Waals surface area contributed by atoms with Crippen molar-refractivity contribution >= 4 is 11.6 Å². The number of anilines is 1. The Morgan fingerprint density at radius 3 is 2.30 bits per heavy atom. The van der Waals surface area contributed by atoms with Gasteiger partial charge in [0.05, 0.1) is 0 Å². The molecule has 0 aliphatic rings. The van der Waals surface area contributed by atoms with Crippen LogP contribution < -0.4 is 10.1 Å². The van der Waals surface area contributed by atoms with E-state index in [0.717, 1.165) is 0 Å². The minimum Gasteiger partial charge on any atom is -0.487 e. The molecule has 0 saturated carbocycles. The Bertz CT molecular complexity index is 648. The second kappa shape index (κ2) is 7.08. The van der Waals surface area contributed by atoms with Crippen LogP contribution in [-0.2, 0) is 0 Å². The van der Waals surface area contributed by atoms with Crippen molar-refractivity contribution in [1.82, 2.24) is 4.98 Å². The molecule has 0 atom stereocenters. The molecule has 0 radical (unpaired) electrons. The summed E-state index contributed by atoms with van der Waals surface area (Å²) in [4.78, 5) is 15.7. The number of benzene rings is 1. The summed E-state index contributed by atoms with van der Waals surface area (Å²) in [5.41, 5.74) is 0.802. The van der Waals surface area contributed by atoms with Gasteiger partial charge in [-0.25, -0.2) is 8.78 Å². The van der Waals surface area contributed by atoms with E-state index in [2.05, 4.69) is 15.0 Å². The third-order valence-electron chi connectivity index (χ3n) is 2.81. The van der Waals surface area contributed by atoms with Gasteiger partial charge in [0.25, 0.3) is 5.91 Å². The molecule has 0 bridgehead atoms. The lowest BCUT2D eigenvalue weighted by atomic mass is 10.2. The molecule has 1 aromatic heterocycles. The van der Waals surface area contributed by atoms with Crippen LogP contribution in [-0.4, -0.2) is 29.8 Å². The van der Waals surface area contributed by atoms with Gasteiger partial charge in [0.15, 0.2) is 6.61 Å². The van der Waals surface area contributed by atoms with E-state index in [4.69, 9.17) is 0 Å². The summed E-state index contributed by atoms with van der Waals surface area (Å²) in [5, 5.41) is 2.59. The number of rotatable bonds is 6. The number of aromatic nitrogens is 1. The lowest BCUT2D eigenvalue weighted by Crippen LogP contribution is -2.33. The molecule has 0 fully saturated rings. The molecule has 122 valence electrons. The molecule has 0 unspecified atom stereocenters. The zero-order valence-electron chi connectivity index (χ0n) is 11.7. The number of nitrogens with one attached hydrogen (secondary N) is 1. The Morgan fingerprint density at radius 1 is 1.13 bits per heavy atom.